The molecule has 0 aliphatic rings. The molecule has 4 nitrogen and oxygen atoms in total. The number of hydrogen-bond acceptors (Lipinski definition) is 3. The molecule has 0 aliphatic carbocycles. The van der Waals surface area contributed by atoms with E-state index in [1.54, 1.807) is 42.6 Å². The lowest BCUT2D eigenvalue weighted by Gasteiger charge is -2.10. The van der Waals surface area contributed by atoms with Crippen LogP contribution in [0, 0.1) is 5.82 Å². The second kappa shape index (κ2) is 6.37. The van der Waals surface area contributed by atoms with Crippen molar-refractivity contribution in [2.75, 3.05) is 20.6 Å². The fraction of sp³-hybridized carbons (Fsp3) is 0.222. The van der Waals surface area contributed by atoms with Crippen molar-refractivity contribution in [3.8, 4) is 0 Å². The molecular formula is C18H19FN2O2S. The molecule has 0 aliphatic heterocycles. The number of likely N-dealkylation sites (N-methyl/N-ethyl adjacent to an activating group) is 1. The lowest BCUT2D eigenvalue weighted by atomic mass is 10.2. The molecule has 2 aromatic carbocycles. The van der Waals surface area contributed by atoms with E-state index < -0.39 is 15.7 Å². The molecule has 0 radical (unpaired) electrons. The van der Waals surface area contributed by atoms with Gasteiger partial charge in [-0.1, -0.05) is 18.2 Å². The zero-order valence-corrected chi connectivity index (χ0v) is 14.4. The summed E-state index contributed by atoms with van der Waals surface area (Å²) in [7, 11) is 0.202. The molecule has 3 rings (SSSR count). The molecule has 0 spiro atoms. The summed E-state index contributed by atoms with van der Waals surface area (Å²) in [6.07, 6.45) is 1.61. The van der Waals surface area contributed by atoms with E-state index in [9.17, 15) is 12.8 Å². The van der Waals surface area contributed by atoms with Gasteiger partial charge in [-0.05, 0) is 44.4 Å². The van der Waals surface area contributed by atoms with Crippen LogP contribution in [0.4, 0.5) is 4.39 Å². The van der Waals surface area contributed by atoms with Gasteiger partial charge in [0.15, 0.2) is 0 Å². The second-order valence-corrected chi connectivity index (χ2v) is 7.89. The molecule has 3 aromatic rings. The Morgan fingerprint density at radius 1 is 1.08 bits per heavy atom. The third-order valence-corrected chi connectivity index (χ3v) is 5.73. The predicted octanol–water partition coefficient (Wildman–Crippen LogP) is 3.17. The summed E-state index contributed by atoms with van der Waals surface area (Å²) >= 11 is 0. The number of sulfone groups is 1. The number of benzene rings is 2. The summed E-state index contributed by atoms with van der Waals surface area (Å²) in [5.74, 6) is -0.447. The Kier molecular flexibility index (Phi) is 4.43. The van der Waals surface area contributed by atoms with E-state index in [1.807, 2.05) is 23.6 Å². The molecule has 0 N–H and O–H groups in total. The molecular weight excluding hydrogens is 327 g/mol. The Hall–Kier alpha value is -2.18. The second-order valence-electron chi connectivity index (χ2n) is 5.97. The average Bonchev–Trinajstić information content (AvgIpc) is 2.92. The van der Waals surface area contributed by atoms with Crippen molar-refractivity contribution in [1.82, 2.24) is 9.47 Å². The molecule has 1 heterocycles. The molecule has 0 bridgehead atoms. The quantitative estimate of drug-likeness (QED) is 0.713. The fourth-order valence-corrected chi connectivity index (χ4v) is 4.16. The van der Waals surface area contributed by atoms with E-state index in [2.05, 4.69) is 0 Å². The van der Waals surface area contributed by atoms with Gasteiger partial charge in [-0.2, -0.15) is 0 Å². The van der Waals surface area contributed by atoms with E-state index in [0.29, 0.717) is 17.4 Å². The van der Waals surface area contributed by atoms with Gasteiger partial charge in [-0.15, -0.1) is 0 Å². The average molecular weight is 346 g/mol. The normalized spacial score (nSPS) is 12.2. The summed E-state index contributed by atoms with van der Waals surface area (Å²) in [6.45, 7) is 1.38. The third-order valence-electron chi connectivity index (χ3n) is 3.94. The first-order valence-electron chi connectivity index (χ1n) is 7.63. The van der Waals surface area contributed by atoms with E-state index in [4.69, 9.17) is 0 Å². The molecule has 6 heteroatoms. The Balaban J connectivity index is 2.19. The number of nitrogens with zero attached hydrogens (tertiary/aromatic N) is 2. The first-order valence-corrected chi connectivity index (χ1v) is 9.11. The summed E-state index contributed by atoms with van der Waals surface area (Å²) in [4.78, 5) is 2.36. The van der Waals surface area contributed by atoms with Crippen LogP contribution in [0.2, 0.25) is 0 Å². The van der Waals surface area contributed by atoms with E-state index >= 15 is 0 Å². The first-order chi connectivity index (χ1) is 11.4. The molecule has 1 aromatic heterocycles. The van der Waals surface area contributed by atoms with Crippen molar-refractivity contribution in [3.05, 3.63) is 60.5 Å². The highest BCUT2D eigenvalue weighted by molar-refractivity contribution is 7.91. The minimum Gasteiger partial charge on any atom is -0.345 e. The van der Waals surface area contributed by atoms with Crippen molar-refractivity contribution in [2.45, 2.75) is 16.3 Å². The Labute approximate surface area is 141 Å². The topological polar surface area (TPSA) is 42.3 Å². The van der Waals surface area contributed by atoms with Crippen LogP contribution in [-0.2, 0) is 16.4 Å². The minimum absolute atomic E-state index is 0.141. The van der Waals surface area contributed by atoms with Gasteiger partial charge >= 0.3 is 0 Å². The Bertz CT molecular complexity index is 963. The van der Waals surface area contributed by atoms with Crippen LogP contribution in [0.5, 0.6) is 0 Å². The number of halogens is 1. The van der Waals surface area contributed by atoms with Gasteiger partial charge in [0.05, 0.1) is 9.79 Å². The molecule has 0 saturated carbocycles. The minimum atomic E-state index is -3.70. The highest BCUT2D eigenvalue weighted by Crippen LogP contribution is 2.30. The van der Waals surface area contributed by atoms with Gasteiger partial charge < -0.3 is 9.47 Å². The maximum atomic E-state index is 13.7. The van der Waals surface area contributed by atoms with Gasteiger partial charge in [0.25, 0.3) is 0 Å². The largest absolute Gasteiger partial charge is 0.345 e. The molecule has 0 amide bonds. The summed E-state index contributed by atoms with van der Waals surface area (Å²) < 4.78 is 41.5. The molecule has 0 unspecified atom stereocenters. The summed E-state index contributed by atoms with van der Waals surface area (Å²) in [5, 5.41) is 0.414. The lowest BCUT2D eigenvalue weighted by Crippen LogP contribution is -2.18. The summed E-state index contributed by atoms with van der Waals surface area (Å²) in [5.41, 5.74) is 0.716. The monoisotopic (exact) mass is 346 g/mol. The number of hydrogen-bond donors (Lipinski definition) is 0. The van der Waals surface area contributed by atoms with Crippen molar-refractivity contribution < 1.29 is 12.8 Å². The number of fused-ring (bicyclic) bond motifs is 1. The van der Waals surface area contributed by atoms with Crippen LogP contribution in [-0.4, -0.2) is 38.5 Å². The van der Waals surface area contributed by atoms with Crippen LogP contribution in [0.25, 0.3) is 10.9 Å². The number of rotatable bonds is 5. The maximum absolute atomic E-state index is 13.7. The SMILES string of the molecule is CN(C)CCn1cc(S(=O)(=O)c2ccccc2)c2cc(F)ccc21. The van der Waals surface area contributed by atoms with Crippen molar-refractivity contribution in [1.29, 1.82) is 0 Å². The highest BCUT2D eigenvalue weighted by Gasteiger charge is 2.23. The van der Waals surface area contributed by atoms with Gasteiger partial charge in [-0.3, -0.25) is 0 Å². The van der Waals surface area contributed by atoms with Gasteiger partial charge in [0.1, 0.15) is 5.82 Å². The molecule has 0 atom stereocenters. The third kappa shape index (κ3) is 3.07. The van der Waals surface area contributed by atoms with Gasteiger partial charge in [0, 0.05) is 30.2 Å². The summed E-state index contributed by atoms with van der Waals surface area (Å²) in [6, 6.07) is 12.5. The van der Waals surface area contributed by atoms with Crippen LogP contribution >= 0.6 is 0 Å². The zero-order chi connectivity index (χ0) is 17.3. The standard InChI is InChI=1S/C18H19FN2O2S/c1-20(2)10-11-21-13-18(16-12-14(19)8-9-17(16)21)24(22,23)15-6-4-3-5-7-15/h3-9,12-13H,10-11H2,1-2H3. The predicted molar refractivity (Wildman–Crippen MR) is 92.3 cm³/mol. The van der Waals surface area contributed by atoms with Crippen LogP contribution in [0.15, 0.2) is 64.5 Å². The Morgan fingerprint density at radius 3 is 2.46 bits per heavy atom. The van der Waals surface area contributed by atoms with Crippen molar-refractivity contribution >= 4 is 20.7 Å². The lowest BCUT2D eigenvalue weighted by molar-refractivity contribution is 0.386. The molecule has 126 valence electrons. The molecule has 24 heavy (non-hydrogen) atoms. The van der Waals surface area contributed by atoms with Gasteiger partial charge in [-0.25, -0.2) is 12.8 Å². The van der Waals surface area contributed by atoms with E-state index in [0.717, 1.165) is 6.54 Å². The van der Waals surface area contributed by atoms with Crippen LogP contribution in [0.3, 0.4) is 0 Å². The zero-order valence-electron chi connectivity index (χ0n) is 13.6. The van der Waals surface area contributed by atoms with Crippen LogP contribution < -0.4 is 0 Å². The van der Waals surface area contributed by atoms with E-state index in [-0.39, 0.29) is 9.79 Å². The fourth-order valence-electron chi connectivity index (χ4n) is 2.67. The number of aromatic nitrogens is 1. The van der Waals surface area contributed by atoms with E-state index in [1.165, 1.54) is 12.1 Å². The van der Waals surface area contributed by atoms with Crippen LogP contribution in [0.1, 0.15) is 0 Å². The van der Waals surface area contributed by atoms with Crippen molar-refractivity contribution in [2.24, 2.45) is 0 Å². The first kappa shape index (κ1) is 16.7. The Morgan fingerprint density at radius 2 is 1.79 bits per heavy atom. The van der Waals surface area contributed by atoms with Gasteiger partial charge in [0.2, 0.25) is 9.84 Å². The molecule has 0 saturated heterocycles. The molecule has 0 fully saturated rings. The highest BCUT2D eigenvalue weighted by atomic mass is 32.2. The maximum Gasteiger partial charge on any atom is 0.208 e. The van der Waals surface area contributed by atoms with Crippen molar-refractivity contribution in [3.63, 3.8) is 0 Å². The smallest absolute Gasteiger partial charge is 0.208 e.